The SMILES string of the molecule is CCCCC1(C)C(=O)c2ccccc2-c2ccccc21. The summed E-state index contributed by atoms with van der Waals surface area (Å²) in [6.07, 6.45) is 3.12. The van der Waals surface area contributed by atoms with Gasteiger partial charge in [-0.05, 0) is 30.0 Å². The first-order chi connectivity index (χ1) is 9.68. The largest absolute Gasteiger partial charge is 0.293 e. The van der Waals surface area contributed by atoms with Crippen molar-refractivity contribution in [2.75, 3.05) is 0 Å². The highest BCUT2D eigenvalue weighted by atomic mass is 16.1. The molecule has 0 bridgehead atoms. The number of hydrogen-bond acceptors (Lipinski definition) is 1. The zero-order valence-corrected chi connectivity index (χ0v) is 12.1. The summed E-state index contributed by atoms with van der Waals surface area (Å²) in [7, 11) is 0. The minimum atomic E-state index is -0.374. The molecule has 0 heterocycles. The van der Waals surface area contributed by atoms with Crippen LogP contribution < -0.4 is 0 Å². The normalized spacial score (nSPS) is 20.4. The standard InChI is InChI=1S/C19H20O/c1-3-4-13-19(2)17-12-8-7-10-15(17)14-9-5-6-11-16(14)18(19)20/h5-12H,3-4,13H2,1-2H3. The monoisotopic (exact) mass is 264 g/mol. The van der Waals surface area contributed by atoms with Gasteiger partial charge in [0.2, 0.25) is 0 Å². The van der Waals surface area contributed by atoms with Crippen molar-refractivity contribution < 1.29 is 4.79 Å². The number of carbonyl (C=O) groups is 1. The number of ketones is 1. The second-order valence-corrected chi connectivity index (χ2v) is 5.86. The van der Waals surface area contributed by atoms with Crippen molar-refractivity contribution in [2.45, 2.75) is 38.5 Å². The molecule has 0 radical (unpaired) electrons. The quantitative estimate of drug-likeness (QED) is 0.762. The maximum Gasteiger partial charge on any atom is 0.173 e. The molecule has 0 saturated heterocycles. The van der Waals surface area contributed by atoms with E-state index in [9.17, 15) is 4.79 Å². The third-order valence-corrected chi connectivity index (χ3v) is 4.51. The van der Waals surface area contributed by atoms with Gasteiger partial charge >= 0.3 is 0 Å². The van der Waals surface area contributed by atoms with E-state index in [4.69, 9.17) is 0 Å². The molecule has 1 unspecified atom stereocenters. The lowest BCUT2D eigenvalue weighted by Crippen LogP contribution is -2.36. The Hall–Kier alpha value is -1.89. The number of carbonyl (C=O) groups excluding carboxylic acids is 1. The van der Waals surface area contributed by atoms with E-state index < -0.39 is 0 Å². The fourth-order valence-corrected chi connectivity index (χ4v) is 3.31. The first-order valence-electron chi connectivity index (χ1n) is 7.42. The number of unbranched alkanes of at least 4 members (excludes halogenated alkanes) is 1. The second kappa shape index (κ2) is 4.90. The van der Waals surface area contributed by atoms with E-state index in [0.29, 0.717) is 0 Å². The van der Waals surface area contributed by atoms with Crippen LogP contribution in [0, 0.1) is 0 Å². The molecule has 1 nitrogen and oxygen atoms in total. The second-order valence-electron chi connectivity index (χ2n) is 5.86. The fourth-order valence-electron chi connectivity index (χ4n) is 3.31. The number of benzene rings is 2. The Morgan fingerprint density at radius 3 is 2.20 bits per heavy atom. The first-order valence-corrected chi connectivity index (χ1v) is 7.42. The Morgan fingerprint density at radius 2 is 1.50 bits per heavy atom. The van der Waals surface area contributed by atoms with Crippen molar-refractivity contribution in [3.8, 4) is 11.1 Å². The van der Waals surface area contributed by atoms with E-state index in [1.807, 2.05) is 24.3 Å². The molecule has 3 rings (SSSR count). The average molecular weight is 264 g/mol. The Labute approximate surface area is 120 Å². The molecule has 1 aliphatic carbocycles. The predicted molar refractivity (Wildman–Crippen MR) is 83.1 cm³/mol. The Kier molecular flexibility index (Phi) is 3.21. The van der Waals surface area contributed by atoms with E-state index >= 15 is 0 Å². The van der Waals surface area contributed by atoms with E-state index in [1.165, 1.54) is 11.1 Å². The fraction of sp³-hybridized carbons (Fsp3) is 0.316. The highest BCUT2D eigenvalue weighted by Gasteiger charge is 2.41. The van der Waals surface area contributed by atoms with Gasteiger partial charge in [0, 0.05) is 5.56 Å². The van der Waals surface area contributed by atoms with Gasteiger partial charge in [0.05, 0.1) is 5.41 Å². The predicted octanol–water partition coefficient (Wildman–Crippen LogP) is 5.00. The van der Waals surface area contributed by atoms with Crippen molar-refractivity contribution in [3.63, 3.8) is 0 Å². The summed E-state index contributed by atoms with van der Waals surface area (Å²) in [5.74, 6) is 0.278. The lowest BCUT2D eigenvalue weighted by Gasteiger charge is -2.35. The summed E-state index contributed by atoms with van der Waals surface area (Å²) in [5, 5.41) is 0. The Bertz CT molecular complexity index is 656. The molecular formula is C19H20O. The molecule has 2 aromatic carbocycles. The summed E-state index contributed by atoms with van der Waals surface area (Å²) < 4.78 is 0. The molecule has 0 aliphatic heterocycles. The number of hydrogen-bond donors (Lipinski definition) is 0. The molecule has 0 aromatic heterocycles. The van der Waals surface area contributed by atoms with Crippen molar-refractivity contribution in [2.24, 2.45) is 0 Å². The van der Waals surface area contributed by atoms with Gasteiger partial charge in [0.25, 0.3) is 0 Å². The average Bonchev–Trinajstić information content (AvgIpc) is 2.51. The molecule has 1 heteroatoms. The zero-order chi connectivity index (χ0) is 14.2. The maximum absolute atomic E-state index is 13.0. The van der Waals surface area contributed by atoms with Crippen LogP contribution in [0.2, 0.25) is 0 Å². The van der Waals surface area contributed by atoms with E-state index in [2.05, 4.69) is 38.1 Å². The molecule has 102 valence electrons. The van der Waals surface area contributed by atoms with Crippen LogP contribution in [-0.4, -0.2) is 5.78 Å². The molecule has 0 saturated carbocycles. The highest BCUT2D eigenvalue weighted by molar-refractivity contribution is 6.12. The van der Waals surface area contributed by atoms with E-state index in [0.717, 1.165) is 30.4 Å². The molecule has 0 N–H and O–H groups in total. The van der Waals surface area contributed by atoms with Gasteiger partial charge in [0.15, 0.2) is 5.78 Å². The molecule has 0 fully saturated rings. The third kappa shape index (κ3) is 1.81. The van der Waals surface area contributed by atoms with E-state index in [-0.39, 0.29) is 11.2 Å². The summed E-state index contributed by atoms with van der Waals surface area (Å²) in [5.41, 5.74) is 4.01. The highest BCUT2D eigenvalue weighted by Crippen LogP contribution is 2.45. The molecule has 1 atom stereocenters. The van der Waals surface area contributed by atoms with Crippen LogP contribution in [0.5, 0.6) is 0 Å². The van der Waals surface area contributed by atoms with Gasteiger partial charge in [-0.25, -0.2) is 0 Å². The smallest absolute Gasteiger partial charge is 0.173 e. The van der Waals surface area contributed by atoms with Gasteiger partial charge in [-0.1, -0.05) is 68.3 Å². The molecule has 0 spiro atoms. The molecule has 2 aromatic rings. The van der Waals surface area contributed by atoms with Gasteiger partial charge in [-0.15, -0.1) is 0 Å². The lowest BCUT2D eigenvalue weighted by molar-refractivity contribution is 0.0883. The summed E-state index contributed by atoms with van der Waals surface area (Å²) in [6, 6.07) is 16.4. The van der Waals surface area contributed by atoms with Gasteiger partial charge in [0.1, 0.15) is 0 Å². The summed E-state index contributed by atoms with van der Waals surface area (Å²) >= 11 is 0. The van der Waals surface area contributed by atoms with Crippen LogP contribution in [0.4, 0.5) is 0 Å². The van der Waals surface area contributed by atoms with Crippen molar-refractivity contribution >= 4 is 5.78 Å². The number of rotatable bonds is 3. The third-order valence-electron chi connectivity index (χ3n) is 4.51. The van der Waals surface area contributed by atoms with Crippen LogP contribution in [0.25, 0.3) is 11.1 Å². The summed E-state index contributed by atoms with van der Waals surface area (Å²) in [6.45, 7) is 4.29. The Morgan fingerprint density at radius 1 is 0.900 bits per heavy atom. The van der Waals surface area contributed by atoms with Crippen molar-refractivity contribution in [1.29, 1.82) is 0 Å². The molecular weight excluding hydrogens is 244 g/mol. The van der Waals surface area contributed by atoms with Gasteiger partial charge < -0.3 is 0 Å². The van der Waals surface area contributed by atoms with Crippen LogP contribution >= 0.6 is 0 Å². The van der Waals surface area contributed by atoms with Crippen LogP contribution in [0.15, 0.2) is 48.5 Å². The Balaban J connectivity index is 2.23. The topological polar surface area (TPSA) is 17.1 Å². The molecule has 1 aliphatic rings. The molecule has 20 heavy (non-hydrogen) atoms. The minimum Gasteiger partial charge on any atom is -0.293 e. The summed E-state index contributed by atoms with van der Waals surface area (Å²) in [4.78, 5) is 13.0. The zero-order valence-electron chi connectivity index (χ0n) is 12.1. The van der Waals surface area contributed by atoms with Crippen molar-refractivity contribution in [1.82, 2.24) is 0 Å². The minimum absolute atomic E-state index is 0.278. The maximum atomic E-state index is 13.0. The number of fused-ring (bicyclic) bond motifs is 3. The van der Waals surface area contributed by atoms with Crippen LogP contribution in [-0.2, 0) is 5.41 Å². The lowest BCUT2D eigenvalue weighted by atomic mass is 9.66. The van der Waals surface area contributed by atoms with Crippen molar-refractivity contribution in [3.05, 3.63) is 59.7 Å². The van der Waals surface area contributed by atoms with E-state index in [1.54, 1.807) is 0 Å². The number of Topliss-reactive ketones (excluding diaryl/α,β-unsaturated/α-hetero) is 1. The van der Waals surface area contributed by atoms with Gasteiger partial charge in [-0.3, -0.25) is 4.79 Å². The molecule has 0 amide bonds. The first kappa shape index (κ1) is 13.1. The van der Waals surface area contributed by atoms with Crippen LogP contribution in [0.1, 0.15) is 49.0 Å². The van der Waals surface area contributed by atoms with Gasteiger partial charge in [-0.2, -0.15) is 0 Å². The van der Waals surface area contributed by atoms with Crippen LogP contribution in [0.3, 0.4) is 0 Å².